The first kappa shape index (κ1) is 17.7. The van der Waals surface area contributed by atoms with Gasteiger partial charge < -0.3 is 0 Å². The lowest BCUT2D eigenvalue weighted by Gasteiger charge is -2.10. The van der Waals surface area contributed by atoms with E-state index in [1.54, 1.807) is 0 Å². The summed E-state index contributed by atoms with van der Waals surface area (Å²) < 4.78 is 90.5. The van der Waals surface area contributed by atoms with Gasteiger partial charge in [0.2, 0.25) is 5.82 Å². The summed E-state index contributed by atoms with van der Waals surface area (Å²) in [5.41, 5.74) is 1.12. The second-order valence-electron chi connectivity index (χ2n) is 4.24. The van der Waals surface area contributed by atoms with Crippen LogP contribution in [0.25, 0.3) is 0 Å². The normalized spacial score (nSPS) is 11.6. The van der Waals surface area contributed by atoms with Gasteiger partial charge in [0.05, 0.1) is 6.20 Å². The molecule has 1 heterocycles. The van der Waals surface area contributed by atoms with Crippen LogP contribution in [0, 0.1) is 29.1 Å². The summed E-state index contributed by atoms with van der Waals surface area (Å²) in [6.45, 7) is 0. The Morgan fingerprint density at radius 1 is 1.04 bits per heavy atom. The van der Waals surface area contributed by atoms with Gasteiger partial charge in [-0.2, -0.15) is 0 Å². The van der Waals surface area contributed by atoms with Crippen molar-refractivity contribution >= 4 is 15.9 Å². The van der Waals surface area contributed by atoms with Crippen LogP contribution >= 0.6 is 0 Å². The maximum Gasteiger partial charge on any atom is 0.288 e. The van der Waals surface area contributed by atoms with Crippen LogP contribution in [0.3, 0.4) is 0 Å². The minimum absolute atomic E-state index is 0.377. The first-order valence-electron chi connectivity index (χ1n) is 5.76. The van der Waals surface area contributed by atoms with Crippen molar-refractivity contribution in [3.63, 3.8) is 0 Å². The summed E-state index contributed by atoms with van der Waals surface area (Å²) in [6, 6.07) is 0. The Hall–Kier alpha value is -2.61. The third-order valence-corrected chi connectivity index (χ3v) is 3.84. The number of hydrogen-bond acceptors (Lipinski definition) is 5. The molecule has 0 bridgehead atoms. The molecule has 0 saturated carbocycles. The van der Waals surface area contributed by atoms with E-state index in [1.807, 2.05) is 0 Å². The Morgan fingerprint density at radius 3 is 2.00 bits per heavy atom. The SMILES string of the molecule is Cn1cc(C(=O)NNS(=O)(=O)c2c(F)c(F)c(F)c(F)c2F)nn1. The molecule has 1 aromatic carbocycles. The van der Waals surface area contributed by atoms with Gasteiger partial charge in [0.1, 0.15) is 0 Å². The fourth-order valence-corrected chi connectivity index (χ4v) is 2.48. The molecule has 1 aromatic heterocycles. The van der Waals surface area contributed by atoms with Gasteiger partial charge in [0.25, 0.3) is 15.9 Å². The predicted molar refractivity (Wildman–Crippen MR) is 65.0 cm³/mol. The first-order valence-corrected chi connectivity index (χ1v) is 7.24. The third kappa shape index (κ3) is 3.05. The highest BCUT2D eigenvalue weighted by Gasteiger charge is 2.33. The highest BCUT2D eigenvalue weighted by molar-refractivity contribution is 7.89. The molecule has 0 aliphatic heterocycles. The van der Waals surface area contributed by atoms with Crippen LogP contribution in [0.4, 0.5) is 22.0 Å². The lowest BCUT2D eigenvalue weighted by atomic mass is 10.3. The van der Waals surface area contributed by atoms with Crippen molar-refractivity contribution in [2.75, 3.05) is 0 Å². The number of hydrazine groups is 1. The molecule has 0 aliphatic carbocycles. The molecule has 8 nitrogen and oxygen atoms in total. The molecular weight excluding hydrogens is 365 g/mol. The smallest absolute Gasteiger partial charge is 0.272 e. The first-order chi connectivity index (χ1) is 11.1. The number of nitrogens with zero attached hydrogens (tertiary/aromatic N) is 3. The van der Waals surface area contributed by atoms with E-state index < -0.39 is 49.9 Å². The van der Waals surface area contributed by atoms with Crippen molar-refractivity contribution in [2.45, 2.75) is 4.90 Å². The fraction of sp³-hybridized carbons (Fsp3) is 0.100. The molecule has 0 aliphatic rings. The summed E-state index contributed by atoms with van der Waals surface area (Å²) in [6.07, 6.45) is 1.07. The van der Waals surface area contributed by atoms with E-state index in [0.29, 0.717) is 0 Å². The van der Waals surface area contributed by atoms with Gasteiger partial charge in [0, 0.05) is 7.05 Å². The number of nitrogens with one attached hydrogen (secondary N) is 2. The summed E-state index contributed by atoms with van der Waals surface area (Å²) in [7, 11) is -3.92. The Labute approximate surface area is 130 Å². The maximum atomic E-state index is 13.5. The molecule has 0 fully saturated rings. The fourth-order valence-electron chi connectivity index (χ4n) is 1.50. The molecule has 14 heteroatoms. The van der Waals surface area contributed by atoms with Crippen molar-refractivity contribution < 1.29 is 35.2 Å². The maximum absolute atomic E-state index is 13.5. The van der Waals surface area contributed by atoms with Crippen molar-refractivity contribution in [3.8, 4) is 0 Å². The highest BCUT2D eigenvalue weighted by atomic mass is 32.2. The van der Waals surface area contributed by atoms with Gasteiger partial charge in [0.15, 0.2) is 33.9 Å². The lowest BCUT2D eigenvalue weighted by molar-refractivity contribution is 0.0940. The number of amides is 1. The molecule has 0 spiro atoms. The van der Waals surface area contributed by atoms with Crippen LogP contribution in [0.2, 0.25) is 0 Å². The molecule has 0 unspecified atom stereocenters. The number of hydrogen-bond donors (Lipinski definition) is 2. The second kappa shape index (κ2) is 6.12. The summed E-state index contributed by atoms with van der Waals surface area (Å²) in [4.78, 5) is 10.6. The van der Waals surface area contributed by atoms with E-state index in [2.05, 4.69) is 10.3 Å². The van der Waals surface area contributed by atoms with Crippen LogP contribution in [-0.2, 0) is 17.1 Å². The Morgan fingerprint density at radius 2 is 1.54 bits per heavy atom. The van der Waals surface area contributed by atoms with E-state index >= 15 is 0 Å². The van der Waals surface area contributed by atoms with Gasteiger partial charge in [-0.1, -0.05) is 5.21 Å². The number of halogens is 5. The lowest BCUT2D eigenvalue weighted by Crippen LogP contribution is -2.42. The number of rotatable bonds is 4. The monoisotopic (exact) mass is 371 g/mol. The zero-order valence-electron chi connectivity index (χ0n) is 11.4. The Kier molecular flexibility index (Phi) is 4.52. The molecule has 24 heavy (non-hydrogen) atoms. The van der Waals surface area contributed by atoms with E-state index in [9.17, 15) is 35.2 Å². The number of carbonyl (C=O) groups excluding carboxylic acids is 1. The number of aromatic nitrogens is 3. The molecular formula is C10H6F5N5O3S. The average molecular weight is 371 g/mol. The van der Waals surface area contributed by atoms with Crippen molar-refractivity contribution in [1.82, 2.24) is 25.3 Å². The van der Waals surface area contributed by atoms with Crippen molar-refractivity contribution in [1.29, 1.82) is 0 Å². The molecule has 0 saturated heterocycles. The molecule has 0 radical (unpaired) electrons. The predicted octanol–water partition coefficient (Wildman–Crippen LogP) is 0.134. The van der Waals surface area contributed by atoms with Gasteiger partial charge in [-0.3, -0.25) is 14.9 Å². The van der Waals surface area contributed by atoms with Crippen LogP contribution in [0.15, 0.2) is 11.1 Å². The third-order valence-electron chi connectivity index (χ3n) is 2.57. The van der Waals surface area contributed by atoms with E-state index in [-0.39, 0.29) is 5.69 Å². The topological polar surface area (TPSA) is 106 Å². The number of carbonyl (C=O) groups is 1. The molecule has 1 amide bonds. The van der Waals surface area contributed by atoms with Crippen LogP contribution in [0.1, 0.15) is 10.5 Å². The Balaban J connectivity index is 2.33. The average Bonchev–Trinajstić information content (AvgIpc) is 2.95. The van der Waals surface area contributed by atoms with Crippen LogP contribution in [0.5, 0.6) is 0 Å². The minimum Gasteiger partial charge on any atom is -0.272 e. The van der Waals surface area contributed by atoms with Gasteiger partial charge >= 0.3 is 0 Å². The van der Waals surface area contributed by atoms with Gasteiger partial charge in [-0.25, -0.2) is 30.4 Å². The molecule has 0 atom stereocenters. The zero-order valence-corrected chi connectivity index (χ0v) is 12.3. The highest BCUT2D eigenvalue weighted by Crippen LogP contribution is 2.26. The van der Waals surface area contributed by atoms with Crippen LogP contribution < -0.4 is 10.3 Å². The van der Waals surface area contributed by atoms with Crippen molar-refractivity contribution in [2.24, 2.45) is 7.05 Å². The van der Waals surface area contributed by atoms with Crippen molar-refractivity contribution in [3.05, 3.63) is 41.0 Å². The van der Waals surface area contributed by atoms with E-state index in [1.165, 1.54) is 17.3 Å². The number of benzene rings is 1. The Bertz CT molecular complexity index is 900. The molecule has 130 valence electrons. The standard InChI is InChI=1S/C10H6F5N5O3S/c1-20-2-3(16-18-20)10(21)17-19-24(22,23)9-7(14)5(12)4(11)6(13)8(9)15/h2,19H,1H3,(H,17,21). The largest absolute Gasteiger partial charge is 0.288 e. The summed E-state index contributed by atoms with van der Waals surface area (Å²) >= 11 is 0. The number of sulfonamides is 1. The number of aryl methyl sites for hydroxylation is 1. The molecule has 2 aromatic rings. The van der Waals surface area contributed by atoms with E-state index in [0.717, 1.165) is 10.9 Å². The quantitative estimate of drug-likeness (QED) is 0.344. The summed E-state index contributed by atoms with van der Waals surface area (Å²) in [5.74, 6) is -13.8. The minimum atomic E-state index is -5.31. The van der Waals surface area contributed by atoms with Crippen LogP contribution in [-0.4, -0.2) is 29.3 Å². The second-order valence-corrected chi connectivity index (χ2v) is 5.86. The molecule has 2 rings (SSSR count). The van der Waals surface area contributed by atoms with Gasteiger partial charge in [-0.15, -0.1) is 9.93 Å². The summed E-state index contributed by atoms with van der Waals surface area (Å²) in [5, 5.41) is 6.68. The van der Waals surface area contributed by atoms with E-state index in [4.69, 9.17) is 0 Å². The molecule has 2 N–H and O–H groups in total. The van der Waals surface area contributed by atoms with Gasteiger partial charge in [-0.05, 0) is 0 Å². The zero-order chi connectivity index (χ0) is 18.2.